The lowest BCUT2D eigenvalue weighted by Crippen LogP contribution is -2.36. The van der Waals surface area contributed by atoms with Crippen LogP contribution in [0.2, 0.25) is 0 Å². The number of benzene rings is 1. The van der Waals surface area contributed by atoms with Gasteiger partial charge in [-0.05, 0) is 37.8 Å². The third-order valence-corrected chi connectivity index (χ3v) is 3.97. The third kappa shape index (κ3) is 3.33. The van der Waals surface area contributed by atoms with Crippen LogP contribution in [-0.4, -0.2) is 29.0 Å². The van der Waals surface area contributed by atoms with Gasteiger partial charge in [-0.15, -0.1) is 0 Å². The van der Waals surface area contributed by atoms with Crippen LogP contribution in [0.15, 0.2) is 30.3 Å². The molecular formula is C18H22N4O. The van der Waals surface area contributed by atoms with Crippen LogP contribution < -0.4 is 10.2 Å². The Morgan fingerprint density at radius 1 is 1.30 bits per heavy atom. The number of hydrogen-bond acceptors (Lipinski definition) is 4. The summed E-state index contributed by atoms with van der Waals surface area (Å²) in [7, 11) is 0. The predicted octanol–water partition coefficient (Wildman–Crippen LogP) is 3.20. The van der Waals surface area contributed by atoms with E-state index in [0.717, 1.165) is 38.0 Å². The fraction of sp³-hybridized carbons (Fsp3) is 0.389. The van der Waals surface area contributed by atoms with E-state index in [-0.39, 0.29) is 5.91 Å². The number of fused-ring (bicyclic) bond motifs is 1. The van der Waals surface area contributed by atoms with E-state index in [1.807, 2.05) is 30.0 Å². The molecule has 0 spiro atoms. The fourth-order valence-corrected chi connectivity index (χ4v) is 2.90. The van der Waals surface area contributed by atoms with Crippen LogP contribution in [0, 0.1) is 6.92 Å². The summed E-state index contributed by atoms with van der Waals surface area (Å²) in [5, 5.41) is 3.23. The van der Waals surface area contributed by atoms with Gasteiger partial charge in [-0.3, -0.25) is 4.79 Å². The van der Waals surface area contributed by atoms with Gasteiger partial charge in [-0.2, -0.15) is 0 Å². The minimum absolute atomic E-state index is 0.0535. The smallest absolute Gasteiger partial charge is 0.277 e. The Hall–Kier alpha value is -2.43. The number of hydrogen-bond donors (Lipinski definition) is 1. The van der Waals surface area contributed by atoms with Gasteiger partial charge in [-0.1, -0.05) is 25.1 Å². The Labute approximate surface area is 136 Å². The van der Waals surface area contributed by atoms with Gasteiger partial charge < -0.3 is 10.2 Å². The van der Waals surface area contributed by atoms with E-state index in [2.05, 4.69) is 28.3 Å². The van der Waals surface area contributed by atoms with Crippen molar-refractivity contribution in [3.63, 3.8) is 0 Å². The SMILES string of the molecule is CCCNc1cc(C(=O)N2CCCc3ccccc32)nc(C)n1. The van der Waals surface area contributed by atoms with E-state index in [9.17, 15) is 4.79 Å². The van der Waals surface area contributed by atoms with Gasteiger partial charge in [-0.25, -0.2) is 9.97 Å². The summed E-state index contributed by atoms with van der Waals surface area (Å²) in [6, 6.07) is 9.85. The highest BCUT2D eigenvalue weighted by molar-refractivity contribution is 6.05. The fourth-order valence-electron chi connectivity index (χ4n) is 2.90. The summed E-state index contributed by atoms with van der Waals surface area (Å²) in [6.07, 6.45) is 3.01. The first kappa shape index (κ1) is 15.5. The van der Waals surface area contributed by atoms with Crippen LogP contribution >= 0.6 is 0 Å². The molecule has 0 saturated carbocycles. The molecule has 5 heteroatoms. The maximum Gasteiger partial charge on any atom is 0.277 e. The molecule has 5 nitrogen and oxygen atoms in total. The Morgan fingerprint density at radius 2 is 2.13 bits per heavy atom. The Bertz CT molecular complexity index is 714. The number of nitrogens with one attached hydrogen (secondary N) is 1. The lowest BCUT2D eigenvalue weighted by molar-refractivity contribution is 0.0980. The second kappa shape index (κ2) is 6.77. The van der Waals surface area contributed by atoms with Crippen molar-refractivity contribution in [1.29, 1.82) is 0 Å². The zero-order valence-corrected chi connectivity index (χ0v) is 13.7. The maximum absolute atomic E-state index is 12.9. The number of aryl methyl sites for hydroxylation is 2. The normalized spacial score (nSPS) is 13.6. The molecule has 1 amide bonds. The van der Waals surface area contributed by atoms with E-state index in [1.54, 1.807) is 6.07 Å². The zero-order valence-electron chi connectivity index (χ0n) is 13.7. The summed E-state index contributed by atoms with van der Waals surface area (Å²) in [5.41, 5.74) is 2.68. The summed E-state index contributed by atoms with van der Waals surface area (Å²) in [6.45, 7) is 5.48. The molecule has 0 aliphatic carbocycles. The molecule has 3 rings (SSSR count). The third-order valence-electron chi connectivity index (χ3n) is 3.97. The lowest BCUT2D eigenvalue weighted by Gasteiger charge is -2.29. The number of rotatable bonds is 4. The van der Waals surface area contributed by atoms with E-state index in [4.69, 9.17) is 0 Å². The molecule has 0 bridgehead atoms. The summed E-state index contributed by atoms with van der Waals surface area (Å²) < 4.78 is 0. The first-order chi connectivity index (χ1) is 11.2. The molecule has 0 radical (unpaired) electrons. The minimum Gasteiger partial charge on any atom is -0.370 e. The molecule has 2 heterocycles. The Balaban J connectivity index is 1.90. The minimum atomic E-state index is -0.0535. The van der Waals surface area contributed by atoms with Crippen LogP contribution in [0.1, 0.15) is 41.6 Å². The molecule has 0 saturated heterocycles. The van der Waals surface area contributed by atoms with Crippen LogP contribution in [0.4, 0.5) is 11.5 Å². The average molecular weight is 310 g/mol. The Kier molecular flexibility index (Phi) is 4.55. The lowest BCUT2D eigenvalue weighted by atomic mass is 10.0. The molecular weight excluding hydrogens is 288 g/mol. The van der Waals surface area contributed by atoms with Gasteiger partial charge in [0.25, 0.3) is 5.91 Å². The second-order valence-electron chi connectivity index (χ2n) is 5.80. The van der Waals surface area contributed by atoms with E-state index < -0.39 is 0 Å². The second-order valence-corrected chi connectivity index (χ2v) is 5.80. The first-order valence-corrected chi connectivity index (χ1v) is 8.18. The number of amides is 1. The molecule has 0 fully saturated rings. The van der Waals surface area contributed by atoms with Crippen molar-refractivity contribution in [2.45, 2.75) is 33.1 Å². The van der Waals surface area contributed by atoms with E-state index in [0.29, 0.717) is 17.3 Å². The van der Waals surface area contributed by atoms with Crippen molar-refractivity contribution in [3.05, 3.63) is 47.4 Å². The first-order valence-electron chi connectivity index (χ1n) is 8.18. The molecule has 0 atom stereocenters. The van der Waals surface area contributed by atoms with Crippen molar-refractivity contribution in [2.75, 3.05) is 23.3 Å². The molecule has 0 unspecified atom stereocenters. The number of carbonyl (C=O) groups is 1. The molecule has 1 aliphatic rings. The zero-order chi connectivity index (χ0) is 16.2. The van der Waals surface area contributed by atoms with E-state index >= 15 is 0 Å². The van der Waals surface area contributed by atoms with Crippen molar-refractivity contribution in [3.8, 4) is 0 Å². The molecule has 2 aromatic rings. The highest BCUT2D eigenvalue weighted by Gasteiger charge is 2.24. The van der Waals surface area contributed by atoms with Gasteiger partial charge in [0.1, 0.15) is 17.3 Å². The van der Waals surface area contributed by atoms with Gasteiger partial charge in [0, 0.05) is 24.8 Å². The van der Waals surface area contributed by atoms with Crippen LogP contribution in [-0.2, 0) is 6.42 Å². The Morgan fingerprint density at radius 3 is 2.96 bits per heavy atom. The van der Waals surface area contributed by atoms with Crippen LogP contribution in [0.5, 0.6) is 0 Å². The number of anilines is 2. The van der Waals surface area contributed by atoms with Gasteiger partial charge in [0.2, 0.25) is 0 Å². The monoisotopic (exact) mass is 310 g/mol. The molecule has 120 valence electrons. The van der Waals surface area contributed by atoms with E-state index in [1.165, 1.54) is 5.56 Å². The number of aromatic nitrogens is 2. The summed E-state index contributed by atoms with van der Waals surface area (Å²) >= 11 is 0. The van der Waals surface area contributed by atoms with Gasteiger partial charge in [0.15, 0.2) is 0 Å². The molecule has 1 aliphatic heterocycles. The molecule has 23 heavy (non-hydrogen) atoms. The summed E-state index contributed by atoms with van der Waals surface area (Å²) in [4.78, 5) is 23.5. The van der Waals surface area contributed by atoms with Crippen molar-refractivity contribution in [2.24, 2.45) is 0 Å². The average Bonchev–Trinajstić information content (AvgIpc) is 2.58. The number of carbonyl (C=O) groups excluding carboxylic acids is 1. The number of nitrogens with zero attached hydrogens (tertiary/aromatic N) is 3. The van der Waals surface area contributed by atoms with Crippen molar-refractivity contribution < 1.29 is 4.79 Å². The predicted molar refractivity (Wildman–Crippen MR) is 92.0 cm³/mol. The topological polar surface area (TPSA) is 58.1 Å². The van der Waals surface area contributed by atoms with Gasteiger partial charge >= 0.3 is 0 Å². The summed E-state index contributed by atoms with van der Waals surface area (Å²) in [5.74, 6) is 1.27. The molecule has 1 aromatic heterocycles. The maximum atomic E-state index is 12.9. The number of para-hydroxylation sites is 1. The highest BCUT2D eigenvalue weighted by Crippen LogP contribution is 2.28. The van der Waals surface area contributed by atoms with Crippen LogP contribution in [0.25, 0.3) is 0 Å². The molecule has 1 N–H and O–H groups in total. The quantitative estimate of drug-likeness (QED) is 0.942. The van der Waals surface area contributed by atoms with Crippen LogP contribution in [0.3, 0.4) is 0 Å². The van der Waals surface area contributed by atoms with Gasteiger partial charge in [0.05, 0.1) is 0 Å². The standard InChI is InChI=1S/C18H22N4O/c1-3-10-19-17-12-15(20-13(2)21-17)18(23)22-11-6-8-14-7-4-5-9-16(14)22/h4-5,7,9,12H,3,6,8,10-11H2,1-2H3,(H,19,20,21). The largest absolute Gasteiger partial charge is 0.370 e. The highest BCUT2D eigenvalue weighted by atomic mass is 16.2. The van der Waals surface area contributed by atoms with Crippen molar-refractivity contribution in [1.82, 2.24) is 9.97 Å². The van der Waals surface area contributed by atoms with Crippen molar-refractivity contribution >= 4 is 17.4 Å². The molecule has 1 aromatic carbocycles.